The second kappa shape index (κ2) is 6.05. The number of carbonyl (C=O) groups is 2. The molecule has 3 rings (SSSR count). The number of amides is 1. The molecule has 0 aliphatic carbocycles. The molecule has 1 fully saturated rings. The van der Waals surface area contributed by atoms with Gasteiger partial charge >= 0.3 is 6.09 Å². The summed E-state index contributed by atoms with van der Waals surface area (Å²) in [7, 11) is 0. The fourth-order valence-corrected chi connectivity index (χ4v) is 2.66. The first-order valence-electron chi connectivity index (χ1n) is 7.21. The van der Waals surface area contributed by atoms with E-state index in [0.29, 0.717) is 5.76 Å². The maximum atomic E-state index is 12.1. The quantitative estimate of drug-likeness (QED) is 0.851. The molecule has 1 amide bonds. The summed E-state index contributed by atoms with van der Waals surface area (Å²) in [4.78, 5) is 25.6. The Labute approximate surface area is 128 Å². The van der Waals surface area contributed by atoms with Gasteiger partial charge in [-0.1, -0.05) is 30.3 Å². The number of Topliss-reactive ketones (excluding diaryl/α,β-unsaturated/α-hetero) is 1. The van der Waals surface area contributed by atoms with Crippen molar-refractivity contribution in [1.82, 2.24) is 4.90 Å². The number of nitrogens with zero attached hydrogens (tertiary/aromatic N) is 1. The summed E-state index contributed by atoms with van der Waals surface area (Å²) in [5.41, 5.74) is 0.935. The van der Waals surface area contributed by atoms with Crippen molar-refractivity contribution in [3.8, 4) is 0 Å². The van der Waals surface area contributed by atoms with Gasteiger partial charge in [-0.05, 0) is 24.6 Å². The van der Waals surface area contributed by atoms with Gasteiger partial charge < -0.3 is 9.15 Å². The molecule has 1 aromatic heterocycles. The highest BCUT2D eigenvalue weighted by Crippen LogP contribution is 2.31. The summed E-state index contributed by atoms with van der Waals surface area (Å²) in [6, 6.07) is 12.9. The molecule has 0 N–H and O–H groups in total. The van der Waals surface area contributed by atoms with Gasteiger partial charge in [0.05, 0.1) is 25.3 Å². The summed E-state index contributed by atoms with van der Waals surface area (Å²) >= 11 is 0. The van der Waals surface area contributed by atoms with Crippen LogP contribution in [-0.4, -0.2) is 29.4 Å². The molecule has 0 spiro atoms. The molecular formula is C17H17NO4. The number of carbonyl (C=O) groups excluding carboxylic acids is 2. The van der Waals surface area contributed by atoms with E-state index in [1.807, 2.05) is 37.3 Å². The molecule has 0 bridgehead atoms. The lowest BCUT2D eigenvalue weighted by Crippen LogP contribution is -2.37. The number of rotatable bonds is 5. The Morgan fingerprint density at radius 2 is 1.95 bits per heavy atom. The van der Waals surface area contributed by atoms with Crippen LogP contribution in [-0.2, 0) is 16.0 Å². The lowest BCUT2D eigenvalue weighted by atomic mass is 10.0. The average molecular weight is 299 g/mol. The predicted molar refractivity (Wildman–Crippen MR) is 79.3 cm³/mol. The number of ketones is 1. The first-order valence-corrected chi connectivity index (χ1v) is 7.21. The van der Waals surface area contributed by atoms with E-state index in [9.17, 15) is 9.59 Å². The molecule has 22 heavy (non-hydrogen) atoms. The van der Waals surface area contributed by atoms with Crippen molar-refractivity contribution in [3.05, 3.63) is 60.1 Å². The third kappa shape index (κ3) is 2.88. The maximum Gasteiger partial charge on any atom is 0.411 e. The maximum absolute atomic E-state index is 12.1. The topological polar surface area (TPSA) is 59.8 Å². The van der Waals surface area contributed by atoms with Crippen LogP contribution in [0.1, 0.15) is 24.4 Å². The molecule has 0 radical (unpaired) electrons. The molecule has 1 aromatic carbocycles. The van der Waals surface area contributed by atoms with Crippen molar-refractivity contribution in [1.29, 1.82) is 0 Å². The van der Waals surface area contributed by atoms with Gasteiger partial charge in [-0.3, -0.25) is 9.69 Å². The summed E-state index contributed by atoms with van der Waals surface area (Å²) in [5, 5.41) is 0. The van der Waals surface area contributed by atoms with Gasteiger partial charge in [0.15, 0.2) is 5.78 Å². The Balaban J connectivity index is 1.67. The van der Waals surface area contributed by atoms with E-state index in [-0.39, 0.29) is 30.9 Å². The largest absolute Gasteiger partial charge is 0.469 e. The van der Waals surface area contributed by atoms with Crippen LogP contribution < -0.4 is 0 Å². The molecule has 5 heteroatoms. The van der Waals surface area contributed by atoms with Crippen molar-refractivity contribution < 1.29 is 18.7 Å². The van der Waals surface area contributed by atoms with Crippen LogP contribution in [0.4, 0.5) is 4.79 Å². The van der Waals surface area contributed by atoms with Crippen LogP contribution in [0.5, 0.6) is 0 Å². The minimum atomic E-state index is -0.450. The second-order valence-corrected chi connectivity index (χ2v) is 5.38. The Kier molecular flexibility index (Phi) is 3.96. The van der Waals surface area contributed by atoms with E-state index in [0.717, 1.165) is 5.56 Å². The molecular weight excluding hydrogens is 282 g/mol. The zero-order valence-electron chi connectivity index (χ0n) is 12.3. The number of hydrogen-bond donors (Lipinski definition) is 0. The number of ether oxygens (including phenoxy) is 1. The van der Waals surface area contributed by atoms with E-state index in [4.69, 9.17) is 9.15 Å². The predicted octanol–water partition coefficient (Wildman–Crippen LogP) is 2.97. The molecule has 0 saturated carbocycles. The zero-order chi connectivity index (χ0) is 15.5. The number of benzene rings is 1. The summed E-state index contributed by atoms with van der Waals surface area (Å²) < 4.78 is 10.6. The highest BCUT2D eigenvalue weighted by molar-refractivity contribution is 5.86. The molecule has 2 aromatic rings. The van der Waals surface area contributed by atoms with Gasteiger partial charge in [-0.2, -0.15) is 0 Å². The van der Waals surface area contributed by atoms with E-state index in [1.54, 1.807) is 12.1 Å². The van der Waals surface area contributed by atoms with Crippen LogP contribution in [0.15, 0.2) is 53.1 Å². The number of cyclic esters (lactones) is 1. The normalized spacial score (nSPS) is 21.0. The summed E-state index contributed by atoms with van der Waals surface area (Å²) in [5.74, 6) is 0.525. The minimum Gasteiger partial charge on any atom is -0.469 e. The molecule has 5 nitrogen and oxygen atoms in total. The molecule has 2 atom stereocenters. The van der Waals surface area contributed by atoms with Gasteiger partial charge in [-0.25, -0.2) is 4.79 Å². The minimum absolute atomic E-state index is 0.0318. The molecule has 114 valence electrons. The third-order valence-corrected chi connectivity index (χ3v) is 3.82. The van der Waals surface area contributed by atoms with Crippen LogP contribution >= 0.6 is 0 Å². The van der Waals surface area contributed by atoms with Gasteiger partial charge in [-0.15, -0.1) is 0 Å². The van der Waals surface area contributed by atoms with Crippen molar-refractivity contribution in [2.75, 3.05) is 6.54 Å². The van der Waals surface area contributed by atoms with E-state index >= 15 is 0 Å². The van der Waals surface area contributed by atoms with Crippen LogP contribution in [0.25, 0.3) is 0 Å². The van der Waals surface area contributed by atoms with Gasteiger partial charge in [0.2, 0.25) is 0 Å². The van der Waals surface area contributed by atoms with Crippen LogP contribution in [0.3, 0.4) is 0 Å². The number of hydrogen-bond acceptors (Lipinski definition) is 4. The summed E-state index contributed by atoms with van der Waals surface area (Å²) in [6.45, 7) is 1.92. The standard InChI is InChI=1S/C17H17NO4/c1-12-16(13-6-3-2-4-7-13)22-17(20)18(12)11-14(19)10-15-8-5-9-21-15/h2-9,12,16H,10-11H2,1H3/t12-,16?/m0/s1. The van der Waals surface area contributed by atoms with Crippen molar-refractivity contribution in [2.24, 2.45) is 0 Å². The van der Waals surface area contributed by atoms with Crippen molar-refractivity contribution in [2.45, 2.75) is 25.5 Å². The first kappa shape index (κ1) is 14.4. The number of furan rings is 1. The lowest BCUT2D eigenvalue weighted by Gasteiger charge is -2.20. The molecule has 2 heterocycles. The van der Waals surface area contributed by atoms with Gasteiger partial charge in [0.1, 0.15) is 11.9 Å². The monoisotopic (exact) mass is 299 g/mol. The van der Waals surface area contributed by atoms with Gasteiger partial charge in [0, 0.05) is 0 Å². The second-order valence-electron chi connectivity index (χ2n) is 5.38. The molecule has 1 saturated heterocycles. The van der Waals surface area contributed by atoms with E-state index in [2.05, 4.69) is 0 Å². The van der Waals surface area contributed by atoms with Crippen LogP contribution in [0.2, 0.25) is 0 Å². The summed E-state index contributed by atoms with van der Waals surface area (Å²) in [6.07, 6.45) is 0.916. The Bertz CT molecular complexity index is 651. The third-order valence-electron chi connectivity index (χ3n) is 3.82. The van der Waals surface area contributed by atoms with Crippen LogP contribution in [0, 0.1) is 0 Å². The lowest BCUT2D eigenvalue weighted by molar-refractivity contribution is -0.119. The highest BCUT2D eigenvalue weighted by atomic mass is 16.6. The Morgan fingerprint density at radius 3 is 2.64 bits per heavy atom. The Hall–Kier alpha value is -2.56. The Morgan fingerprint density at radius 1 is 1.18 bits per heavy atom. The molecule has 1 unspecified atom stereocenters. The fraction of sp³-hybridized carbons (Fsp3) is 0.294. The van der Waals surface area contributed by atoms with Crippen molar-refractivity contribution >= 4 is 11.9 Å². The van der Waals surface area contributed by atoms with E-state index < -0.39 is 6.09 Å². The van der Waals surface area contributed by atoms with Crippen molar-refractivity contribution in [3.63, 3.8) is 0 Å². The van der Waals surface area contributed by atoms with Gasteiger partial charge in [0.25, 0.3) is 0 Å². The zero-order valence-corrected chi connectivity index (χ0v) is 12.3. The average Bonchev–Trinajstić information content (AvgIpc) is 3.11. The molecule has 1 aliphatic heterocycles. The highest BCUT2D eigenvalue weighted by Gasteiger charge is 2.40. The van der Waals surface area contributed by atoms with E-state index in [1.165, 1.54) is 11.2 Å². The SMILES string of the molecule is C[C@H]1C(c2ccccc2)OC(=O)N1CC(=O)Cc1ccco1. The smallest absolute Gasteiger partial charge is 0.411 e. The molecule has 1 aliphatic rings. The fourth-order valence-electron chi connectivity index (χ4n) is 2.66. The first-order chi connectivity index (χ1) is 10.6.